The van der Waals surface area contributed by atoms with Crippen molar-refractivity contribution in [2.45, 2.75) is 25.8 Å². The van der Waals surface area contributed by atoms with Crippen LogP contribution in [0, 0.1) is 11.3 Å². The topological polar surface area (TPSA) is 75.0 Å². The first-order valence-corrected chi connectivity index (χ1v) is 6.27. The van der Waals surface area contributed by atoms with Crippen molar-refractivity contribution >= 4 is 11.4 Å². The van der Waals surface area contributed by atoms with E-state index in [0.717, 1.165) is 24.3 Å². The maximum atomic E-state index is 8.88. The minimum Gasteiger partial charge on any atom is -0.469 e. The highest BCUT2D eigenvalue weighted by Gasteiger charge is 2.07. The summed E-state index contributed by atoms with van der Waals surface area (Å²) in [7, 11) is 0. The van der Waals surface area contributed by atoms with Crippen LogP contribution in [0.3, 0.4) is 0 Å². The van der Waals surface area contributed by atoms with E-state index in [0.29, 0.717) is 11.3 Å². The number of nitrogen functional groups attached to an aromatic ring is 1. The third-order valence-electron chi connectivity index (χ3n) is 2.99. The number of nitrogens with one attached hydrogen (secondary N) is 1. The van der Waals surface area contributed by atoms with Gasteiger partial charge in [-0.25, -0.2) is 0 Å². The van der Waals surface area contributed by atoms with Crippen LogP contribution in [-0.4, -0.2) is 6.04 Å². The van der Waals surface area contributed by atoms with Crippen molar-refractivity contribution in [3.8, 4) is 6.07 Å². The van der Waals surface area contributed by atoms with Gasteiger partial charge in [-0.05, 0) is 43.7 Å². The molecule has 2 aromatic rings. The number of hydrogen-bond donors (Lipinski definition) is 2. The van der Waals surface area contributed by atoms with E-state index in [-0.39, 0.29) is 6.04 Å². The Kier molecular flexibility index (Phi) is 4.09. The number of aryl methyl sites for hydroxylation is 1. The van der Waals surface area contributed by atoms with E-state index in [9.17, 15) is 0 Å². The molecule has 0 saturated heterocycles. The molecular weight excluding hydrogens is 238 g/mol. The zero-order valence-electron chi connectivity index (χ0n) is 10.9. The quantitative estimate of drug-likeness (QED) is 0.805. The molecule has 1 atom stereocenters. The largest absolute Gasteiger partial charge is 0.469 e. The van der Waals surface area contributed by atoms with E-state index in [1.54, 1.807) is 24.5 Å². The number of nitrogens with zero attached hydrogens (tertiary/aromatic N) is 1. The summed E-state index contributed by atoms with van der Waals surface area (Å²) in [6, 6.07) is 11.5. The smallest absolute Gasteiger partial charge is 0.103 e. The van der Waals surface area contributed by atoms with Crippen LogP contribution >= 0.6 is 0 Å². The molecule has 2 rings (SSSR count). The minimum atomic E-state index is 0.251. The molecule has 1 aromatic carbocycles. The van der Waals surface area contributed by atoms with Crippen molar-refractivity contribution in [3.63, 3.8) is 0 Å². The molecule has 0 saturated carbocycles. The second-order valence-corrected chi connectivity index (χ2v) is 4.58. The van der Waals surface area contributed by atoms with Crippen molar-refractivity contribution in [3.05, 3.63) is 47.9 Å². The van der Waals surface area contributed by atoms with Gasteiger partial charge in [0.25, 0.3) is 0 Å². The van der Waals surface area contributed by atoms with Crippen molar-refractivity contribution < 1.29 is 4.42 Å². The molecule has 0 aliphatic rings. The summed E-state index contributed by atoms with van der Waals surface area (Å²) in [5, 5.41) is 12.2. The Balaban J connectivity index is 1.95. The molecule has 0 radical (unpaired) electrons. The zero-order chi connectivity index (χ0) is 13.7. The lowest BCUT2D eigenvalue weighted by molar-refractivity contribution is 0.495. The highest BCUT2D eigenvalue weighted by Crippen LogP contribution is 2.21. The Morgan fingerprint density at radius 1 is 1.42 bits per heavy atom. The predicted molar refractivity (Wildman–Crippen MR) is 75.7 cm³/mol. The fraction of sp³-hybridized carbons (Fsp3) is 0.267. The summed E-state index contributed by atoms with van der Waals surface area (Å²) in [5.74, 6) is 0.979. The van der Waals surface area contributed by atoms with E-state index in [1.807, 2.05) is 12.1 Å². The third-order valence-corrected chi connectivity index (χ3v) is 2.99. The molecule has 4 nitrogen and oxygen atoms in total. The molecule has 1 aromatic heterocycles. The van der Waals surface area contributed by atoms with Gasteiger partial charge in [-0.1, -0.05) is 0 Å². The minimum absolute atomic E-state index is 0.251. The first kappa shape index (κ1) is 13.0. The maximum absolute atomic E-state index is 8.88. The fourth-order valence-electron chi connectivity index (χ4n) is 1.90. The lowest BCUT2D eigenvalue weighted by Crippen LogP contribution is -2.17. The van der Waals surface area contributed by atoms with Crippen LogP contribution in [0.4, 0.5) is 11.4 Å². The van der Waals surface area contributed by atoms with Crippen LogP contribution in [0.2, 0.25) is 0 Å². The Hall–Kier alpha value is -2.41. The van der Waals surface area contributed by atoms with Gasteiger partial charge in [0, 0.05) is 12.5 Å². The van der Waals surface area contributed by atoms with Gasteiger partial charge in [0.15, 0.2) is 0 Å². The Morgan fingerprint density at radius 3 is 2.95 bits per heavy atom. The highest BCUT2D eigenvalue weighted by atomic mass is 16.3. The molecule has 0 bridgehead atoms. The van der Waals surface area contributed by atoms with Gasteiger partial charge in [0.05, 0.1) is 29.3 Å². The molecule has 1 unspecified atom stereocenters. The number of nitrogens with two attached hydrogens (primary N) is 1. The summed E-state index contributed by atoms with van der Waals surface area (Å²) in [4.78, 5) is 0. The molecule has 3 N–H and O–H groups in total. The van der Waals surface area contributed by atoms with Gasteiger partial charge in [-0.15, -0.1) is 0 Å². The predicted octanol–water partition coefficient (Wildman–Crippen LogP) is 3.17. The number of furan rings is 1. The van der Waals surface area contributed by atoms with Gasteiger partial charge in [0.1, 0.15) is 5.76 Å². The number of benzene rings is 1. The zero-order valence-corrected chi connectivity index (χ0v) is 10.9. The second-order valence-electron chi connectivity index (χ2n) is 4.58. The lowest BCUT2D eigenvalue weighted by atomic mass is 10.1. The summed E-state index contributed by atoms with van der Waals surface area (Å²) in [5.41, 5.74) is 7.97. The van der Waals surface area contributed by atoms with Crippen LogP contribution < -0.4 is 11.1 Å². The number of anilines is 2. The molecule has 1 heterocycles. The van der Waals surface area contributed by atoms with Gasteiger partial charge in [-0.2, -0.15) is 5.26 Å². The Labute approximate surface area is 112 Å². The molecule has 0 aliphatic heterocycles. The van der Waals surface area contributed by atoms with E-state index in [4.69, 9.17) is 15.4 Å². The standard InChI is InChI=1S/C15H17N3O/c1-11(4-6-13-3-2-8-19-13)18-15-9-12(10-16)5-7-14(15)17/h2-3,5,7-9,11,18H,4,6,17H2,1H3. The van der Waals surface area contributed by atoms with Crippen molar-refractivity contribution in [1.29, 1.82) is 5.26 Å². The molecule has 0 amide bonds. The first-order valence-electron chi connectivity index (χ1n) is 6.27. The van der Waals surface area contributed by atoms with Gasteiger partial charge in [-0.3, -0.25) is 0 Å². The summed E-state index contributed by atoms with van der Waals surface area (Å²) in [6.07, 6.45) is 3.49. The first-order chi connectivity index (χ1) is 9.19. The SMILES string of the molecule is CC(CCc1ccco1)Nc1cc(C#N)ccc1N. The average Bonchev–Trinajstić information content (AvgIpc) is 2.92. The summed E-state index contributed by atoms with van der Waals surface area (Å²) < 4.78 is 5.30. The number of nitriles is 1. The monoisotopic (exact) mass is 255 g/mol. The normalized spacial score (nSPS) is 11.8. The van der Waals surface area contributed by atoms with E-state index in [2.05, 4.69) is 18.3 Å². The van der Waals surface area contributed by atoms with Gasteiger partial charge < -0.3 is 15.5 Å². The van der Waals surface area contributed by atoms with Crippen molar-refractivity contribution in [2.75, 3.05) is 11.1 Å². The number of rotatable bonds is 5. The molecule has 4 heteroatoms. The fourth-order valence-corrected chi connectivity index (χ4v) is 1.90. The van der Waals surface area contributed by atoms with Crippen LogP contribution in [-0.2, 0) is 6.42 Å². The highest BCUT2D eigenvalue weighted by molar-refractivity contribution is 5.68. The van der Waals surface area contributed by atoms with E-state index < -0.39 is 0 Å². The molecule has 19 heavy (non-hydrogen) atoms. The third kappa shape index (κ3) is 3.52. The Bertz CT molecular complexity index is 570. The van der Waals surface area contributed by atoms with Crippen LogP contribution in [0.15, 0.2) is 41.0 Å². The number of hydrogen-bond acceptors (Lipinski definition) is 4. The van der Waals surface area contributed by atoms with Gasteiger partial charge >= 0.3 is 0 Å². The van der Waals surface area contributed by atoms with Crippen LogP contribution in [0.5, 0.6) is 0 Å². The summed E-state index contributed by atoms with van der Waals surface area (Å²) in [6.45, 7) is 2.08. The van der Waals surface area contributed by atoms with Crippen LogP contribution in [0.1, 0.15) is 24.7 Å². The molecular formula is C15H17N3O. The molecule has 98 valence electrons. The van der Waals surface area contributed by atoms with Crippen molar-refractivity contribution in [1.82, 2.24) is 0 Å². The molecule has 0 fully saturated rings. The van der Waals surface area contributed by atoms with Crippen molar-refractivity contribution in [2.24, 2.45) is 0 Å². The average molecular weight is 255 g/mol. The van der Waals surface area contributed by atoms with Gasteiger partial charge in [0.2, 0.25) is 0 Å². The van der Waals surface area contributed by atoms with Crippen LogP contribution in [0.25, 0.3) is 0 Å². The lowest BCUT2D eigenvalue weighted by Gasteiger charge is -2.16. The summed E-state index contributed by atoms with van der Waals surface area (Å²) >= 11 is 0. The second kappa shape index (κ2) is 5.96. The molecule has 0 spiro atoms. The molecule has 0 aliphatic carbocycles. The van der Waals surface area contributed by atoms with E-state index >= 15 is 0 Å². The van der Waals surface area contributed by atoms with E-state index in [1.165, 1.54) is 0 Å². The maximum Gasteiger partial charge on any atom is 0.103 e. The Morgan fingerprint density at radius 2 is 2.26 bits per heavy atom.